The molecule has 1 saturated heterocycles. The Balaban J connectivity index is 2.10. The lowest BCUT2D eigenvalue weighted by Gasteiger charge is -2.29. The average Bonchev–Trinajstić information content (AvgIpc) is 3.03. The van der Waals surface area contributed by atoms with Crippen LogP contribution in [0.3, 0.4) is 0 Å². The van der Waals surface area contributed by atoms with Gasteiger partial charge in [0.15, 0.2) is 0 Å². The van der Waals surface area contributed by atoms with Crippen molar-refractivity contribution in [1.29, 1.82) is 0 Å². The van der Waals surface area contributed by atoms with E-state index < -0.39 is 0 Å². The van der Waals surface area contributed by atoms with Crippen LogP contribution in [0.4, 0.5) is 0 Å². The number of carbonyl (C=O) groups is 1. The molecule has 0 N–H and O–H groups in total. The third-order valence-corrected chi connectivity index (χ3v) is 4.44. The monoisotopic (exact) mass is 313 g/mol. The van der Waals surface area contributed by atoms with Gasteiger partial charge in [-0.15, -0.1) is 0 Å². The van der Waals surface area contributed by atoms with Gasteiger partial charge in [-0.3, -0.25) is 9.69 Å². The highest BCUT2D eigenvalue weighted by atomic mass is 16.5. The molecule has 3 nitrogen and oxygen atoms in total. The fourth-order valence-corrected chi connectivity index (χ4v) is 3.17. The normalized spacial score (nSPS) is 19.0. The summed E-state index contributed by atoms with van der Waals surface area (Å²) in [4.78, 5) is 14.1. The van der Waals surface area contributed by atoms with Gasteiger partial charge in [-0.05, 0) is 37.9 Å². The van der Waals surface area contributed by atoms with Crippen molar-refractivity contribution < 1.29 is 9.53 Å². The number of ether oxygens (including phenoxy) is 1. The SMILES string of the molecule is CCCC[C@@H](C#Cc1ccccc1)N1CCC[C@H]1CC(=O)OC. The Morgan fingerprint density at radius 3 is 2.87 bits per heavy atom. The summed E-state index contributed by atoms with van der Waals surface area (Å²) in [5.74, 6) is 6.65. The molecule has 0 amide bonds. The molecule has 1 aliphatic heterocycles. The highest BCUT2D eigenvalue weighted by Crippen LogP contribution is 2.25. The summed E-state index contributed by atoms with van der Waals surface area (Å²) in [6, 6.07) is 10.6. The minimum absolute atomic E-state index is 0.118. The van der Waals surface area contributed by atoms with Crippen LogP contribution in [0, 0.1) is 11.8 Å². The first kappa shape index (κ1) is 17.6. The van der Waals surface area contributed by atoms with Crippen molar-refractivity contribution in [1.82, 2.24) is 4.90 Å². The Kier molecular flexibility index (Phi) is 7.16. The fourth-order valence-electron chi connectivity index (χ4n) is 3.17. The number of carbonyl (C=O) groups excluding carboxylic acids is 1. The molecule has 0 spiro atoms. The summed E-state index contributed by atoms with van der Waals surface area (Å²) in [6.45, 7) is 3.23. The minimum Gasteiger partial charge on any atom is -0.469 e. The molecular formula is C20H27NO2. The molecule has 0 bridgehead atoms. The van der Waals surface area contributed by atoms with E-state index in [1.165, 1.54) is 13.5 Å². The molecule has 124 valence electrons. The molecule has 0 unspecified atom stereocenters. The van der Waals surface area contributed by atoms with E-state index in [4.69, 9.17) is 4.74 Å². The molecule has 0 saturated carbocycles. The second-order valence-corrected chi connectivity index (χ2v) is 6.11. The predicted octanol–water partition coefficient (Wildman–Crippen LogP) is 3.62. The zero-order chi connectivity index (χ0) is 16.5. The Bertz CT molecular complexity index is 544. The molecule has 0 radical (unpaired) electrons. The summed E-state index contributed by atoms with van der Waals surface area (Å²) in [6.07, 6.45) is 6.07. The van der Waals surface area contributed by atoms with Gasteiger partial charge in [-0.1, -0.05) is 49.8 Å². The van der Waals surface area contributed by atoms with Crippen LogP contribution in [0.1, 0.15) is 51.0 Å². The second kappa shape index (κ2) is 9.37. The van der Waals surface area contributed by atoms with Crippen molar-refractivity contribution in [2.75, 3.05) is 13.7 Å². The van der Waals surface area contributed by atoms with Crippen LogP contribution in [-0.2, 0) is 9.53 Å². The first-order chi connectivity index (χ1) is 11.2. The van der Waals surface area contributed by atoms with Crippen molar-refractivity contribution in [2.45, 2.75) is 57.5 Å². The Morgan fingerprint density at radius 1 is 1.39 bits per heavy atom. The van der Waals surface area contributed by atoms with E-state index in [1.54, 1.807) is 0 Å². The van der Waals surface area contributed by atoms with Crippen molar-refractivity contribution in [2.24, 2.45) is 0 Å². The number of unbranched alkanes of at least 4 members (excludes halogenated alkanes) is 1. The third-order valence-electron chi connectivity index (χ3n) is 4.44. The van der Waals surface area contributed by atoms with E-state index in [1.807, 2.05) is 30.3 Å². The molecule has 0 aliphatic carbocycles. The maximum atomic E-state index is 11.6. The van der Waals surface area contributed by atoms with Gasteiger partial charge >= 0.3 is 5.97 Å². The second-order valence-electron chi connectivity index (χ2n) is 6.11. The van der Waals surface area contributed by atoms with Gasteiger partial charge in [-0.2, -0.15) is 0 Å². The van der Waals surface area contributed by atoms with Crippen LogP contribution in [0.15, 0.2) is 30.3 Å². The molecular weight excluding hydrogens is 286 g/mol. The van der Waals surface area contributed by atoms with Gasteiger partial charge in [0.1, 0.15) is 0 Å². The van der Waals surface area contributed by atoms with E-state index >= 15 is 0 Å². The maximum absolute atomic E-state index is 11.6. The van der Waals surface area contributed by atoms with E-state index in [-0.39, 0.29) is 18.1 Å². The summed E-state index contributed by atoms with van der Waals surface area (Å²) < 4.78 is 4.85. The number of rotatable bonds is 6. The number of methoxy groups -OCH3 is 1. The van der Waals surface area contributed by atoms with Crippen LogP contribution >= 0.6 is 0 Å². The van der Waals surface area contributed by atoms with Crippen LogP contribution in [-0.4, -0.2) is 36.6 Å². The van der Waals surface area contributed by atoms with Gasteiger partial charge in [0.2, 0.25) is 0 Å². The highest BCUT2D eigenvalue weighted by molar-refractivity contribution is 5.70. The predicted molar refractivity (Wildman–Crippen MR) is 93.0 cm³/mol. The van der Waals surface area contributed by atoms with Crippen LogP contribution in [0.2, 0.25) is 0 Å². The molecule has 1 aromatic carbocycles. The molecule has 1 aliphatic rings. The van der Waals surface area contributed by atoms with E-state index in [0.29, 0.717) is 6.42 Å². The summed E-state index contributed by atoms with van der Waals surface area (Å²) in [5.41, 5.74) is 1.05. The maximum Gasteiger partial charge on any atom is 0.307 e. The zero-order valence-corrected chi connectivity index (χ0v) is 14.3. The van der Waals surface area contributed by atoms with Crippen molar-refractivity contribution in [3.63, 3.8) is 0 Å². The third kappa shape index (κ3) is 5.41. The van der Waals surface area contributed by atoms with Gasteiger partial charge in [0.05, 0.1) is 19.6 Å². The number of nitrogens with zero attached hydrogens (tertiary/aromatic N) is 1. The van der Waals surface area contributed by atoms with Gasteiger partial charge in [-0.25, -0.2) is 0 Å². The highest BCUT2D eigenvalue weighted by Gasteiger charge is 2.31. The quantitative estimate of drug-likeness (QED) is 0.593. The van der Waals surface area contributed by atoms with E-state index in [9.17, 15) is 4.79 Å². The van der Waals surface area contributed by atoms with Gasteiger partial charge in [0, 0.05) is 11.6 Å². The van der Waals surface area contributed by atoms with E-state index in [2.05, 4.69) is 23.7 Å². The smallest absolute Gasteiger partial charge is 0.307 e. The van der Waals surface area contributed by atoms with Crippen LogP contribution in [0.5, 0.6) is 0 Å². The molecule has 1 aromatic rings. The summed E-state index contributed by atoms with van der Waals surface area (Å²) in [5, 5.41) is 0. The first-order valence-electron chi connectivity index (χ1n) is 8.63. The number of hydrogen-bond donors (Lipinski definition) is 0. The lowest BCUT2D eigenvalue weighted by Crippen LogP contribution is -2.39. The topological polar surface area (TPSA) is 29.5 Å². The summed E-state index contributed by atoms with van der Waals surface area (Å²) >= 11 is 0. The number of hydrogen-bond acceptors (Lipinski definition) is 3. The largest absolute Gasteiger partial charge is 0.469 e. The zero-order valence-electron chi connectivity index (χ0n) is 14.3. The Morgan fingerprint density at radius 2 is 2.17 bits per heavy atom. The standard InChI is InChI=1S/C20H27NO2/c1-3-4-11-18(14-13-17-9-6-5-7-10-17)21-15-8-12-19(21)16-20(22)23-2/h5-7,9-10,18-19H,3-4,8,11-12,15-16H2,1-2H3/t18-,19-/m0/s1. The van der Waals surface area contributed by atoms with Crippen molar-refractivity contribution in [3.8, 4) is 11.8 Å². The van der Waals surface area contributed by atoms with Gasteiger partial charge < -0.3 is 4.74 Å². The molecule has 23 heavy (non-hydrogen) atoms. The lowest BCUT2D eigenvalue weighted by atomic mass is 10.0. The Hall–Kier alpha value is -1.79. The number of likely N-dealkylation sites (tertiary alicyclic amines) is 1. The molecule has 1 heterocycles. The van der Waals surface area contributed by atoms with Gasteiger partial charge in [0.25, 0.3) is 0 Å². The lowest BCUT2D eigenvalue weighted by molar-refractivity contribution is -0.141. The fraction of sp³-hybridized carbons (Fsp3) is 0.550. The average molecular weight is 313 g/mol. The first-order valence-corrected chi connectivity index (χ1v) is 8.63. The molecule has 3 heteroatoms. The van der Waals surface area contributed by atoms with Crippen molar-refractivity contribution in [3.05, 3.63) is 35.9 Å². The molecule has 2 atom stereocenters. The Labute approximate surface area is 140 Å². The number of esters is 1. The van der Waals surface area contributed by atoms with Crippen LogP contribution < -0.4 is 0 Å². The van der Waals surface area contributed by atoms with Crippen molar-refractivity contribution >= 4 is 5.97 Å². The number of benzene rings is 1. The summed E-state index contributed by atoms with van der Waals surface area (Å²) in [7, 11) is 1.46. The molecule has 0 aromatic heterocycles. The van der Waals surface area contributed by atoms with E-state index in [0.717, 1.165) is 37.8 Å². The minimum atomic E-state index is -0.118. The molecule has 2 rings (SSSR count). The van der Waals surface area contributed by atoms with Crippen LogP contribution in [0.25, 0.3) is 0 Å². The molecule has 1 fully saturated rings.